The molecule has 1 rings (SSSR count). The van der Waals surface area contributed by atoms with Gasteiger partial charge in [-0.3, -0.25) is 0 Å². The fourth-order valence-electron chi connectivity index (χ4n) is 1.70. The van der Waals surface area contributed by atoms with Crippen molar-refractivity contribution in [2.75, 3.05) is 17.3 Å². The predicted octanol–water partition coefficient (Wildman–Crippen LogP) is 2.63. The SMILES string of the molecule is CSCCC(NC(=O)Nc1cccc(C)c1C)C(=O)O. The van der Waals surface area contributed by atoms with E-state index < -0.39 is 18.0 Å². The summed E-state index contributed by atoms with van der Waals surface area (Å²) in [6.07, 6.45) is 2.30. The molecule has 0 radical (unpaired) electrons. The van der Waals surface area contributed by atoms with Crippen LogP contribution in [0.5, 0.6) is 0 Å². The Balaban J connectivity index is 2.66. The van der Waals surface area contributed by atoms with Crippen LogP contribution in [0.15, 0.2) is 18.2 Å². The Kier molecular flexibility index (Phi) is 6.38. The van der Waals surface area contributed by atoms with Gasteiger partial charge in [0.25, 0.3) is 0 Å². The van der Waals surface area contributed by atoms with E-state index in [0.717, 1.165) is 11.1 Å². The van der Waals surface area contributed by atoms with Gasteiger partial charge in [-0.2, -0.15) is 11.8 Å². The molecule has 1 aromatic rings. The molecule has 20 heavy (non-hydrogen) atoms. The molecule has 0 aliphatic rings. The minimum atomic E-state index is -1.02. The van der Waals surface area contributed by atoms with Crippen LogP contribution >= 0.6 is 11.8 Å². The highest BCUT2D eigenvalue weighted by Gasteiger charge is 2.19. The first kappa shape index (κ1) is 16.4. The molecule has 0 spiro atoms. The van der Waals surface area contributed by atoms with Crippen molar-refractivity contribution in [3.63, 3.8) is 0 Å². The van der Waals surface area contributed by atoms with Gasteiger partial charge in [0.1, 0.15) is 6.04 Å². The highest BCUT2D eigenvalue weighted by Crippen LogP contribution is 2.17. The molecule has 3 N–H and O–H groups in total. The number of benzene rings is 1. The Morgan fingerprint density at radius 2 is 2.05 bits per heavy atom. The van der Waals surface area contributed by atoms with E-state index in [4.69, 9.17) is 5.11 Å². The molecule has 0 saturated carbocycles. The number of aliphatic carboxylic acids is 1. The molecule has 1 aromatic carbocycles. The standard InChI is InChI=1S/C14H20N2O3S/c1-9-5-4-6-11(10(9)2)15-14(19)16-12(13(17)18)7-8-20-3/h4-6,12H,7-8H2,1-3H3,(H,17,18)(H2,15,16,19). The van der Waals surface area contributed by atoms with Crippen LogP contribution in [-0.2, 0) is 4.79 Å². The van der Waals surface area contributed by atoms with Crippen molar-refractivity contribution in [2.45, 2.75) is 26.3 Å². The van der Waals surface area contributed by atoms with Crippen molar-refractivity contribution in [1.29, 1.82) is 0 Å². The third-order valence-corrected chi connectivity index (χ3v) is 3.71. The number of carboxylic acid groups (broad SMARTS) is 1. The summed E-state index contributed by atoms with van der Waals surface area (Å²) < 4.78 is 0. The van der Waals surface area contributed by atoms with Gasteiger partial charge in [-0.1, -0.05) is 12.1 Å². The summed E-state index contributed by atoms with van der Waals surface area (Å²) >= 11 is 1.55. The normalized spacial score (nSPS) is 11.8. The number of nitrogens with one attached hydrogen (secondary N) is 2. The van der Waals surface area contributed by atoms with Crippen LogP contribution in [0.4, 0.5) is 10.5 Å². The molecule has 0 fully saturated rings. The molecule has 0 aromatic heterocycles. The molecule has 0 heterocycles. The molecule has 0 bridgehead atoms. The first-order valence-corrected chi connectivity index (χ1v) is 7.70. The molecule has 2 amide bonds. The lowest BCUT2D eigenvalue weighted by molar-refractivity contribution is -0.139. The van der Waals surface area contributed by atoms with Crippen molar-refractivity contribution >= 4 is 29.4 Å². The van der Waals surface area contributed by atoms with E-state index in [0.29, 0.717) is 17.9 Å². The van der Waals surface area contributed by atoms with Gasteiger partial charge in [0.2, 0.25) is 0 Å². The lowest BCUT2D eigenvalue weighted by Crippen LogP contribution is -2.43. The van der Waals surface area contributed by atoms with Gasteiger partial charge < -0.3 is 15.7 Å². The van der Waals surface area contributed by atoms with Crippen molar-refractivity contribution in [3.8, 4) is 0 Å². The van der Waals surface area contributed by atoms with Gasteiger partial charge in [0, 0.05) is 5.69 Å². The number of rotatable bonds is 6. The highest BCUT2D eigenvalue weighted by molar-refractivity contribution is 7.98. The molecule has 0 saturated heterocycles. The molecule has 0 aliphatic carbocycles. The lowest BCUT2D eigenvalue weighted by atomic mass is 10.1. The van der Waals surface area contributed by atoms with Crippen LogP contribution < -0.4 is 10.6 Å². The zero-order valence-electron chi connectivity index (χ0n) is 11.9. The third kappa shape index (κ3) is 4.77. The van der Waals surface area contributed by atoms with E-state index in [1.165, 1.54) is 0 Å². The van der Waals surface area contributed by atoms with E-state index in [9.17, 15) is 9.59 Å². The Morgan fingerprint density at radius 3 is 2.65 bits per heavy atom. The number of anilines is 1. The first-order chi connectivity index (χ1) is 9.45. The van der Waals surface area contributed by atoms with Gasteiger partial charge >= 0.3 is 12.0 Å². The summed E-state index contributed by atoms with van der Waals surface area (Å²) in [5.74, 6) is -0.337. The maximum absolute atomic E-state index is 11.9. The largest absolute Gasteiger partial charge is 0.480 e. The van der Waals surface area contributed by atoms with E-state index in [2.05, 4.69) is 10.6 Å². The fourth-order valence-corrected chi connectivity index (χ4v) is 2.17. The summed E-state index contributed by atoms with van der Waals surface area (Å²) in [6.45, 7) is 3.87. The Bertz CT molecular complexity index is 491. The second-order valence-corrected chi connectivity index (χ2v) is 5.50. The molecular formula is C14H20N2O3S. The van der Waals surface area contributed by atoms with Crippen LogP contribution in [0.1, 0.15) is 17.5 Å². The van der Waals surface area contributed by atoms with Gasteiger partial charge in [-0.15, -0.1) is 0 Å². The summed E-state index contributed by atoms with van der Waals surface area (Å²) in [5.41, 5.74) is 2.73. The third-order valence-electron chi connectivity index (χ3n) is 3.07. The van der Waals surface area contributed by atoms with E-state index in [-0.39, 0.29) is 0 Å². The van der Waals surface area contributed by atoms with Crippen LogP contribution in [0.25, 0.3) is 0 Å². The van der Waals surface area contributed by atoms with E-state index in [1.54, 1.807) is 17.8 Å². The van der Waals surface area contributed by atoms with Crippen LogP contribution in [0.3, 0.4) is 0 Å². The summed E-state index contributed by atoms with van der Waals surface area (Å²) in [4.78, 5) is 22.9. The number of amides is 2. The van der Waals surface area contributed by atoms with Crippen molar-refractivity contribution < 1.29 is 14.7 Å². The molecular weight excluding hydrogens is 276 g/mol. The Hall–Kier alpha value is -1.69. The quantitative estimate of drug-likeness (QED) is 0.754. The maximum atomic E-state index is 11.9. The monoisotopic (exact) mass is 296 g/mol. The van der Waals surface area contributed by atoms with Gasteiger partial charge in [-0.25, -0.2) is 9.59 Å². The van der Waals surface area contributed by atoms with Crippen molar-refractivity contribution in [2.24, 2.45) is 0 Å². The second-order valence-electron chi connectivity index (χ2n) is 4.52. The molecule has 1 atom stereocenters. The van der Waals surface area contributed by atoms with Crippen molar-refractivity contribution in [3.05, 3.63) is 29.3 Å². The predicted molar refractivity (Wildman–Crippen MR) is 82.5 cm³/mol. The average Bonchev–Trinajstić information content (AvgIpc) is 2.39. The zero-order chi connectivity index (χ0) is 15.1. The Morgan fingerprint density at radius 1 is 1.35 bits per heavy atom. The number of carbonyl (C=O) groups excluding carboxylic acids is 1. The molecule has 1 unspecified atom stereocenters. The summed E-state index contributed by atoms with van der Waals surface area (Å²) in [7, 11) is 0. The number of thioether (sulfide) groups is 1. The van der Waals surface area contributed by atoms with Gasteiger partial charge in [0.05, 0.1) is 0 Å². The minimum Gasteiger partial charge on any atom is -0.480 e. The number of carbonyl (C=O) groups is 2. The number of hydrogen-bond donors (Lipinski definition) is 3. The Labute approximate surface area is 123 Å². The minimum absolute atomic E-state index is 0.400. The number of aryl methyl sites for hydroxylation is 1. The van der Waals surface area contributed by atoms with Crippen LogP contribution in [0, 0.1) is 13.8 Å². The maximum Gasteiger partial charge on any atom is 0.326 e. The topological polar surface area (TPSA) is 78.4 Å². The number of hydrogen-bond acceptors (Lipinski definition) is 3. The number of carboxylic acids is 1. The summed E-state index contributed by atoms with van der Waals surface area (Å²) in [6, 6.07) is 4.23. The second kappa shape index (κ2) is 7.79. The number of urea groups is 1. The first-order valence-electron chi connectivity index (χ1n) is 6.31. The lowest BCUT2D eigenvalue weighted by Gasteiger charge is -2.16. The fraction of sp³-hybridized carbons (Fsp3) is 0.429. The van der Waals surface area contributed by atoms with E-state index >= 15 is 0 Å². The molecule has 6 heteroatoms. The van der Waals surface area contributed by atoms with E-state index in [1.807, 2.05) is 32.2 Å². The van der Waals surface area contributed by atoms with Crippen LogP contribution in [0.2, 0.25) is 0 Å². The molecule has 5 nitrogen and oxygen atoms in total. The van der Waals surface area contributed by atoms with Gasteiger partial charge in [-0.05, 0) is 49.5 Å². The summed E-state index contributed by atoms with van der Waals surface area (Å²) in [5, 5.41) is 14.2. The highest BCUT2D eigenvalue weighted by atomic mass is 32.2. The smallest absolute Gasteiger partial charge is 0.326 e. The zero-order valence-corrected chi connectivity index (χ0v) is 12.7. The van der Waals surface area contributed by atoms with Crippen LogP contribution in [-0.4, -0.2) is 35.2 Å². The van der Waals surface area contributed by atoms with Gasteiger partial charge in [0.15, 0.2) is 0 Å². The molecule has 110 valence electrons. The van der Waals surface area contributed by atoms with Crippen molar-refractivity contribution in [1.82, 2.24) is 5.32 Å². The molecule has 0 aliphatic heterocycles. The average molecular weight is 296 g/mol.